The molecule has 6 nitrogen and oxygen atoms in total. The monoisotopic (exact) mass is 336 g/mol. The van der Waals surface area contributed by atoms with E-state index in [0.717, 1.165) is 0 Å². The van der Waals surface area contributed by atoms with Gasteiger partial charge < -0.3 is 30.6 Å². The predicted octanol–water partition coefficient (Wildman–Crippen LogP) is 0.891. The van der Waals surface area contributed by atoms with E-state index < -0.39 is 35.2 Å². The van der Waals surface area contributed by atoms with Crippen LogP contribution in [-0.2, 0) is 0 Å². The third kappa shape index (κ3) is 1.74. The van der Waals surface area contributed by atoms with E-state index in [2.05, 4.69) is 0 Å². The van der Waals surface area contributed by atoms with Crippen LogP contribution >= 0.6 is 0 Å². The van der Waals surface area contributed by atoms with E-state index >= 15 is 0 Å². The van der Waals surface area contributed by atoms with Crippen molar-refractivity contribution < 1.29 is 30.6 Å². The Balaban J connectivity index is 1.87. The number of fused-ring (bicyclic) bond motifs is 5. The Morgan fingerprint density at radius 2 is 1.58 bits per heavy atom. The van der Waals surface area contributed by atoms with Crippen molar-refractivity contribution in [3.05, 3.63) is 23.3 Å². The zero-order valence-electron chi connectivity index (χ0n) is 13.6. The molecule has 132 valence electrons. The first-order valence-electron chi connectivity index (χ1n) is 8.53. The number of aromatic hydroxyl groups is 2. The van der Waals surface area contributed by atoms with Gasteiger partial charge in [-0.25, -0.2) is 0 Å². The SMILES string of the molecule is C[C@]12CC[C@@H]3c4cc(O)c(O)cc4[C@H](O)[C@@H](O)[C@H]3[C@@]1(O)CC[C@H]2O. The molecule has 0 bridgehead atoms. The zero-order valence-corrected chi connectivity index (χ0v) is 13.6. The van der Waals surface area contributed by atoms with E-state index in [-0.39, 0.29) is 17.4 Å². The summed E-state index contributed by atoms with van der Waals surface area (Å²) in [5.41, 5.74) is -0.943. The van der Waals surface area contributed by atoms with Crippen molar-refractivity contribution in [2.24, 2.45) is 11.3 Å². The lowest BCUT2D eigenvalue weighted by atomic mass is 9.51. The van der Waals surface area contributed by atoms with Crippen LogP contribution in [0, 0.1) is 11.3 Å². The number of phenolic OH excluding ortho intramolecular Hbond substituents is 2. The minimum absolute atomic E-state index is 0.242. The molecule has 2 saturated carbocycles. The Hall–Kier alpha value is -1.34. The van der Waals surface area contributed by atoms with Crippen LogP contribution in [0.1, 0.15) is 55.8 Å². The maximum absolute atomic E-state index is 11.4. The van der Waals surface area contributed by atoms with Crippen LogP contribution < -0.4 is 0 Å². The third-order valence-corrected chi connectivity index (χ3v) is 7.07. The molecule has 0 amide bonds. The van der Waals surface area contributed by atoms with E-state index in [1.54, 1.807) is 0 Å². The van der Waals surface area contributed by atoms with E-state index in [1.165, 1.54) is 12.1 Å². The second kappa shape index (κ2) is 4.85. The Kier molecular flexibility index (Phi) is 3.26. The number of aliphatic hydroxyl groups is 4. The molecule has 6 heteroatoms. The minimum Gasteiger partial charge on any atom is -0.504 e. The van der Waals surface area contributed by atoms with Gasteiger partial charge in [0.25, 0.3) is 0 Å². The smallest absolute Gasteiger partial charge is 0.157 e. The van der Waals surface area contributed by atoms with E-state index in [4.69, 9.17) is 0 Å². The number of benzene rings is 1. The van der Waals surface area contributed by atoms with Crippen molar-refractivity contribution in [2.45, 2.75) is 62.4 Å². The molecular formula is C18H24O6. The second-order valence-corrected chi connectivity index (χ2v) is 7.97. The average molecular weight is 336 g/mol. The molecule has 1 aromatic rings. The highest BCUT2D eigenvalue weighted by Crippen LogP contribution is 2.64. The summed E-state index contributed by atoms with van der Waals surface area (Å²) in [5.74, 6) is -1.48. The summed E-state index contributed by atoms with van der Waals surface area (Å²) in [6, 6.07) is 2.71. The van der Waals surface area contributed by atoms with Crippen LogP contribution in [0.3, 0.4) is 0 Å². The van der Waals surface area contributed by atoms with Crippen LogP contribution in [0.5, 0.6) is 11.5 Å². The van der Waals surface area contributed by atoms with Gasteiger partial charge in [0.15, 0.2) is 11.5 Å². The van der Waals surface area contributed by atoms with Crippen LogP contribution in [0.2, 0.25) is 0 Å². The molecule has 0 heterocycles. The number of phenols is 2. The first kappa shape index (κ1) is 16.1. The van der Waals surface area contributed by atoms with Gasteiger partial charge in [-0.1, -0.05) is 6.92 Å². The molecule has 6 N–H and O–H groups in total. The van der Waals surface area contributed by atoms with Crippen molar-refractivity contribution >= 4 is 0 Å². The molecule has 2 fully saturated rings. The minimum atomic E-state index is -1.28. The normalized spacial score (nSPS) is 47.0. The van der Waals surface area contributed by atoms with E-state index in [1.807, 2.05) is 6.92 Å². The van der Waals surface area contributed by atoms with Gasteiger partial charge in [0.05, 0.1) is 17.8 Å². The van der Waals surface area contributed by atoms with Crippen LogP contribution in [-0.4, -0.2) is 48.4 Å². The zero-order chi connectivity index (χ0) is 17.4. The molecule has 0 spiro atoms. The van der Waals surface area contributed by atoms with Crippen molar-refractivity contribution in [3.63, 3.8) is 0 Å². The van der Waals surface area contributed by atoms with Crippen molar-refractivity contribution in [1.82, 2.24) is 0 Å². The van der Waals surface area contributed by atoms with Gasteiger partial charge in [-0.2, -0.15) is 0 Å². The molecule has 1 aromatic carbocycles. The largest absolute Gasteiger partial charge is 0.504 e. The lowest BCUT2D eigenvalue weighted by Crippen LogP contribution is -2.62. The first-order valence-corrected chi connectivity index (χ1v) is 8.53. The molecule has 0 aliphatic heterocycles. The number of hydrogen-bond acceptors (Lipinski definition) is 6. The fraction of sp³-hybridized carbons (Fsp3) is 0.667. The maximum Gasteiger partial charge on any atom is 0.157 e. The van der Waals surface area contributed by atoms with Crippen LogP contribution in [0.4, 0.5) is 0 Å². The number of rotatable bonds is 0. The second-order valence-electron chi connectivity index (χ2n) is 7.97. The summed E-state index contributed by atoms with van der Waals surface area (Å²) in [6.07, 6.45) is -1.03. The first-order chi connectivity index (χ1) is 11.2. The highest BCUT2D eigenvalue weighted by Gasteiger charge is 2.66. The Labute approximate surface area is 140 Å². The third-order valence-electron chi connectivity index (χ3n) is 7.07. The summed E-state index contributed by atoms with van der Waals surface area (Å²) in [5, 5.41) is 62.7. The molecule has 3 aliphatic carbocycles. The average Bonchev–Trinajstić information content (AvgIpc) is 2.78. The highest BCUT2D eigenvalue weighted by molar-refractivity contribution is 5.50. The summed E-state index contributed by atoms with van der Waals surface area (Å²) in [4.78, 5) is 0. The molecule has 4 rings (SSSR count). The quantitative estimate of drug-likeness (QED) is 0.391. The Morgan fingerprint density at radius 1 is 0.958 bits per heavy atom. The van der Waals surface area contributed by atoms with Crippen molar-refractivity contribution in [2.75, 3.05) is 0 Å². The van der Waals surface area contributed by atoms with Gasteiger partial charge in [-0.3, -0.25) is 0 Å². The van der Waals surface area contributed by atoms with Gasteiger partial charge >= 0.3 is 0 Å². The van der Waals surface area contributed by atoms with Crippen molar-refractivity contribution in [1.29, 1.82) is 0 Å². The Bertz CT molecular complexity index is 690. The van der Waals surface area contributed by atoms with Gasteiger partial charge in [-0.05, 0) is 54.9 Å². The highest BCUT2D eigenvalue weighted by atomic mass is 16.3. The number of hydrogen-bond donors (Lipinski definition) is 6. The summed E-state index contributed by atoms with van der Waals surface area (Å²) in [6.45, 7) is 1.85. The topological polar surface area (TPSA) is 121 Å². The molecule has 0 aromatic heterocycles. The van der Waals surface area contributed by atoms with Gasteiger partial charge in [0.1, 0.15) is 6.10 Å². The Morgan fingerprint density at radius 3 is 2.25 bits per heavy atom. The molecule has 3 aliphatic rings. The molecule has 24 heavy (non-hydrogen) atoms. The summed E-state index contributed by atoms with van der Waals surface area (Å²) >= 11 is 0. The van der Waals surface area contributed by atoms with Crippen LogP contribution in [0.25, 0.3) is 0 Å². The number of aliphatic hydroxyl groups excluding tert-OH is 3. The molecule has 7 atom stereocenters. The summed E-state index contributed by atoms with van der Waals surface area (Å²) < 4.78 is 0. The van der Waals surface area contributed by atoms with E-state index in [0.29, 0.717) is 36.8 Å². The fourth-order valence-corrected chi connectivity index (χ4v) is 5.58. The molecule has 0 radical (unpaired) electrons. The van der Waals surface area contributed by atoms with Gasteiger partial charge in [-0.15, -0.1) is 0 Å². The predicted molar refractivity (Wildman–Crippen MR) is 84.5 cm³/mol. The van der Waals surface area contributed by atoms with E-state index in [9.17, 15) is 30.6 Å². The standard InChI is InChI=1S/C18H24O6/c1-17-4-2-8-9-6-11(19)12(20)7-10(9)15(22)16(23)14(8)18(17,24)5-3-13(17)21/h6-8,13-16,19-24H,2-5H2,1H3/t8-,13-,14+,15+,16+,17-,18+/m1/s1. The molecule has 0 unspecified atom stereocenters. The van der Waals surface area contributed by atoms with Gasteiger partial charge in [0.2, 0.25) is 0 Å². The van der Waals surface area contributed by atoms with Gasteiger partial charge in [0, 0.05) is 11.3 Å². The molecule has 0 saturated heterocycles. The lowest BCUT2D eigenvalue weighted by Gasteiger charge is -2.57. The lowest BCUT2D eigenvalue weighted by molar-refractivity contribution is -0.204. The summed E-state index contributed by atoms with van der Waals surface area (Å²) in [7, 11) is 0. The fourth-order valence-electron chi connectivity index (χ4n) is 5.58. The maximum atomic E-state index is 11.4. The van der Waals surface area contributed by atoms with Crippen molar-refractivity contribution in [3.8, 4) is 11.5 Å². The molecular weight excluding hydrogens is 312 g/mol. The van der Waals surface area contributed by atoms with Crippen LogP contribution in [0.15, 0.2) is 12.1 Å².